The fourth-order valence-corrected chi connectivity index (χ4v) is 2.91. The van der Waals surface area contributed by atoms with Gasteiger partial charge in [0, 0.05) is 19.1 Å². The Morgan fingerprint density at radius 3 is 2.81 bits per heavy atom. The molecule has 1 N–H and O–H groups in total. The summed E-state index contributed by atoms with van der Waals surface area (Å²) in [7, 11) is 2.27. The van der Waals surface area contributed by atoms with Crippen molar-refractivity contribution in [1.29, 1.82) is 0 Å². The average Bonchev–Trinajstić information content (AvgIpc) is 2.81. The number of nitrogens with zero attached hydrogens (tertiary/aromatic N) is 1. The number of ether oxygens (including phenoxy) is 1. The highest BCUT2D eigenvalue weighted by atomic mass is 16.5. The Morgan fingerprint density at radius 2 is 2.12 bits per heavy atom. The third-order valence-electron chi connectivity index (χ3n) is 3.90. The molecule has 3 heteroatoms. The summed E-state index contributed by atoms with van der Waals surface area (Å²) < 4.78 is 5.47. The van der Waals surface area contributed by atoms with Crippen LogP contribution >= 0.6 is 0 Å². The van der Waals surface area contributed by atoms with Gasteiger partial charge in [0.1, 0.15) is 0 Å². The molecule has 2 aliphatic rings. The molecular formula is C13H26N2O. The van der Waals surface area contributed by atoms with Crippen molar-refractivity contribution in [2.75, 3.05) is 39.9 Å². The van der Waals surface area contributed by atoms with E-state index in [1.807, 2.05) is 0 Å². The number of nitrogens with one attached hydrogen (secondary N) is 1. The number of rotatable bonds is 5. The van der Waals surface area contributed by atoms with Gasteiger partial charge < -0.3 is 15.0 Å². The molecule has 2 rings (SSSR count). The SMILES string of the molecule is CN(CCC1COCCN1)CC1CCCC1. The summed E-state index contributed by atoms with van der Waals surface area (Å²) in [6.07, 6.45) is 7.04. The van der Waals surface area contributed by atoms with E-state index >= 15 is 0 Å². The molecule has 0 aromatic heterocycles. The van der Waals surface area contributed by atoms with Crippen molar-refractivity contribution in [3.63, 3.8) is 0 Å². The summed E-state index contributed by atoms with van der Waals surface area (Å²) >= 11 is 0. The minimum atomic E-state index is 0.583. The van der Waals surface area contributed by atoms with Crippen LogP contribution in [0.4, 0.5) is 0 Å². The van der Waals surface area contributed by atoms with Crippen molar-refractivity contribution in [2.45, 2.75) is 38.1 Å². The highest BCUT2D eigenvalue weighted by Gasteiger charge is 2.18. The molecule has 0 aromatic carbocycles. The fraction of sp³-hybridized carbons (Fsp3) is 1.00. The molecule has 0 amide bonds. The average molecular weight is 226 g/mol. The van der Waals surface area contributed by atoms with Crippen LogP contribution in [0.15, 0.2) is 0 Å². The first-order chi connectivity index (χ1) is 7.84. The molecule has 1 saturated carbocycles. The van der Waals surface area contributed by atoms with Crippen LogP contribution in [0.3, 0.4) is 0 Å². The lowest BCUT2D eigenvalue weighted by molar-refractivity contribution is 0.0705. The topological polar surface area (TPSA) is 24.5 Å². The maximum atomic E-state index is 5.47. The molecule has 0 radical (unpaired) electrons. The molecule has 2 fully saturated rings. The van der Waals surface area contributed by atoms with Crippen LogP contribution < -0.4 is 5.32 Å². The van der Waals surface area contributed by atoms with Crippen molar-refractivity contribution >= 4 is 0 Å². The van der Waals surface area contributed by atoms with Gasteiger partial charge in [-0.1, -0.05) is 12.8 Å². The number of hydrogen-bond donors (Lipinski definition) is 1. The molecule has 94 valence electrons. The molecule has 1 aliphatic heterocycles. The smallest absolute Gasteiger partial charge is 0.0620 e. The van der Waals surface area contributed by atoms with E-state index in [9.17, 15) is 0 Å². The van der Waals surface area contributed by atoms with Crippen LogP contribution in [-0.2, 0) is 4.74 Å². The highest BCUT2D eigenvalue weighted by molar-refractivity contribution is 4.74. The predicted octanol–water partition coefficient (Wildman–Crippen LogP) is 1.49. The van der Waals surface area contributed by atoms with E-state index in [2.05, 4.69) is 17.3 Å². The molecular weight excluding hydrogens is 200 g/mol. The van der Waals surface area contributed by atoms with Gasteiger partial charge in [0.15, 0.2) is 0 Å². The van der Waals surface area contributed by atoms with Gasteiger partial charge in [0.25, 0.3) is 0 Å². The van der Waals surface area contributed by atoms with Crippen LogP contribution in [0.2, 0.25) is 0 Å². The second kappa shape index (κ2) is 6.58. The fourth-order valence-electron chi connectivity index (χ4n) is 2.91. The lowest BCUT2D eigenvalue weighted by Gasteiger charge is -2.27. The van der Waals surface area contributed by atoms with Gasteiger partial charge in [0.2, 0.25) is 0 Å². The Balaban J connectivity index is 1.57. The molecule has 0 aromatic rings. The van der Waals surface area contributed by atoms with Gasteiger partial charge >= 0.3 is 0 Å². The van der Waals surface area contributed by atoms with E-state index < -0.39 is 0 Å². The van der Waals surface area contributed by atoms with Gasteiger partial charge in [-0.2, -0.15) is 0 Å². The molecule has 1 heterocycles. The minimum absolute atomic E-state index is 0.583. The third kappa shape index (κ3) is 4.04. The second-order valence-corrected chi connectivity index (χ2v) is 5.43. The van der Waals surface area contributed by atoms with Crippen molar-refractivity contribution in [3.8, 4) is 0 Å². The molecule has 0 bridgehead atoms. The van der Waals surface area contributed by atoms with Crippen LogP contribution in [0.25, 0.3) is 0 Å². The molecule has 1 atom stereocenters. The maximum Gasteiger partial charge on any atom is 0.0620 e. The minimum Gasteiger partial charge on any atom is -0.379 e. The summed E-state index contributed by atoms with van der Waals surface area (Å²) in [5, 5.41) is 3.52. The first-order valence-electron chi connectivity index (χ1n) is 6.84. The standard InChI is InChI=1S/C13H26N2O/c1-15(10-12-4-2-3-5-12)8-6-13-11-16-9-7-14-13/h12-14H,2-11H2,1H3. The molecule has 1 aliphatic carbocycles. The molecule has 1 unspecified atom stereocenters. The molecule has 0 spiro atoms. The van der Waals surface area contributed by atoms with E-state index in [-0.39, 0.29) is 0 Å². The Morgan fingerprint density at radius 1 is 1.31 bits per heavy atom. The zero-order valence-corrected chi connectivity index (χ0v) is 10.6. The number of morpholine rings is 1. The Bertz CT molecular complexity index is 186. The largest absolute Gasteiger partial charge is 0.379 e. The summed E-state index contributed by atoms with van der Waals surface area (Å²) in [5.74, 6) is 0.973. The first-order valence-corrected chi connectivity index (χ1v) is 6.84. The van der Waals surface area contributed by atoms with Crippen molar-refractivity contribution in [1.82, 2.24) is 10.2 Å². The van der Waals surface area contributed by atoms with E-state index in [4.69, 9.17) is 4.74 Å². The van der Waals surface area contributed by atoms with Crippen molar-refractivity contribution in [3.05, 3.63) is 0 Å². The quantitative estimate of drug-likeness (QED) is 0.768. The maximum absolute atomic E-state index is 5.47. The second-order valence-electron chi connectivity index (χ2n) is 5.43. The van der Waals surface area contributed by atoms with Gasteiger partial charge in [-0.05, 0) is 38.8 Å². The van der Waals surface area contributed by atoms with Gasteiger partial charge in [-0.3, -0.25) is 0 Å². The van der Waals surface area contributed by atoms with E-state index in [0.717, 1.165) is 25.7 Å². The zero-order valence-electron chi connectivity index (χ0n) is 10.6. The summed E-state index contributed by atoms with van der Waals surface area (Å²) in [6.45, 7) is 5.31. The summed E-state index contributed by atoms with van der Waals surface area (Å²) in [4.78, 5) is 2.51. The Hall–Kier alpha value is -0.120. The normalized spacial score (nSPS) is 27.8. The van der Waals surface area contributed by atoms with Gasteiger partial charge in [-0.25, -0.2) is 0 Å². The monoisotopic (exact) mass is 226 g/mol. The highest BCUT2D eigenvalue weighted by Crippen LogP contribution is 2.25. The van der Waals surface area contributed by atoms with Crippen LogP contribution in [0, 0.1) is 5.92 Å². The number of hydrogen-bond acceptors (Lipinski definition) is 3. The zero-order chi connectivity index (χ0) is 11.2. The van der Waals surface area contributed by atoms with Gasteiger partial charge in [0.05, 0.1) is 13.2 Å². The van der Waals surface area contributed by atoms with E-state index in [0.29, 0.717) is 6.04 Å². The van der Waals surface area contributed by atoms with Crippen LogP contribution in [0.1, 0.15) is 32.1 Å². The molecule has 3 nitrogen and oxygen atoms in total. The molecule has 16 heavy (non-hydrogen) atoms. The molecule has 1 saturated heterocycles. The van der Waals surface area contributed by atoms with E-state index in [1.54, 1.807) is 0 Å². The summed E-state index contributed by atoms with van der Waals surface area (Å²) in [6, 6.07) is 0.583. The first kappa shape index (κ1) is 12.3. The van der Waals surface area contributed by atoms with Crippen LogP contribution in [0.5, 0.6) is 0 Å². The summed E-state index contributed by atoms with van der Waals surface area (Å²) in [5.41, 5.74) is 0. The predicted molar refractivity (Wildman–Crippen MR) is 66.7 cm³/mol. The van der Waals surface area contributed by atoms with Crippen LogP contribution in [-0.4, -0.2) is 50.8 Å². The van der Waals surface area contributed by atoms with Crippen molar-refractivity contribution in [2.24, 2.45) is 5.92 Å². The lowest BCUT2D eigenvalue weighted by atomic mass is 10.1. The lowest BCUT2D eigenvalue weighted by Crippen LogP contribution is -2.43. The van der Waals surface area contributed by atoms with Crippen molar-refractivity contribution < 1.29 is 4.74 Å². The van der Waals surface area contributed by atoms with E-state index in [1.165, 1.54) is 45.2 Å². The Labute approximate surface area is 99.5 Å². The van der Waals surface area contributed by atoms with Gasteiger partial charge in [-0.15, -0.1) is 0 Å². The Kier molecular flexibility index (Phi) is 5.07. The third-order valence-corrected chi connectivity index (χ3v) is 3.90.